The Morgan fingerprint density at radius 3 is 2.51 bits per heavy atom. The molecule has 39 heavy (non-hydrogen) atoms. The maximum Gasteiger partial charge on any atom is 0.331 e. The number of hydrogen-bond acceptors (Lipinski definition) is 10. The predicted molar refractivity (Wildman–Crippen MR) is 141 cm³/mol. The van der Waals surface area contributed by atoms with E-state index in [1.807, 2.05) is 6.07 Å². The fourth-order valence-corrected chi connectivity index (χ4v) is 4.75. The molecule has 10 heteroatoms. The van der Waals surface area contributed by atoms with E-state index in [-0.39, 0.29) is 39.9 Å². The summed E-state index contributed by atoms with van der Waals surface area (Å²) >= 11 is 0. The highest BCUT2D eigenvalue weighted by Crippen LogP contribution is 2.43. The molecule has 1 aromatic heterocycles. The molecule has 1 saturated heterocycles. The van der Waals surface area contributed by atoms with Gasteiger partial charge in [-0.2, -0.15) is 0 Å². The van der Waals surface area contributed by atoms with E-state index >= 15 is 0 Å². The molecule has 208 valence electrons. The topological polar surface area (TPSA) is 156 Å². The van der Waals surface area contributed by atoms with Crippen LogP contribution >= 0.6 is 0 Å². The maximum atomic E-state index is 13.1. The number of carbonyl (C=O) groups excluding carboxylic acids is 1. The molecule has 6 atom stereocenters. The Labute approximate surface area is 224 Å². The van der Waals surface area contributed by atoms with Crippen molar-refractivity contribution in [1.29, 1.82) is 0 Å². The van der Waals surface area contributed by atoms with Crippen LogP contribution in [0.5, 0.6) is 5.75 Å². The number of fused-ring (bicyclic) bond motifs is 1. The fourth-order valence-electron chi connectivity index (χ4n) is 4.75. The van der Waals surface area contributed by atoms with Crippen molar-refractivity contribution in [1.82, 2.24) is 0 Å². The smallest absolute Gasteiger partial charge is 0.331 e. The average Bonchev–Trinajstić information content (AvgIpc) is 2.90. The summed E-state index contributed by atoms with van der Waals surface area (Å²) in [7, 11) is 1.39. The summed E-state index contributed by atoms with van der Waals surface area (Å²) in [5, 5.41) is 41.5. The molecule has 0 unspecified atom stereocenters. The minimum Gasteiger partial charge on any atom is -0.496 e. The Morgan fingerprint density at radius 1 is 1.15 bits per heavy atom. The van der Waals surface area contributed by atoms with Gasteiger partial charge in [-0.05, 0) is 37.1 Å². The molecule has 3 aromatic rings. The number of aliphatic hydroxyl groups is 4. The third-order valence-corrected chi connectivity index (χ3v) is 6.58. The molecular formula is C29H32O10. The first-order valence-electron chi connectivity index (χ1n) is 12.5. The second kappa shape index (κ2) is 12.1. The van der Waals surface area contributed by atoms with Crippen molar-refractivity contribution in [2.24, 2.45) is 0 Å². The number of methoxy groups -OCH3 is 1. The van der Waals surface area contributed by atoms with E-state index in [0.29, 0.717) is 5.56 Å². The van der Waals surface area contributed by atoms with Gasteiger partial charge in [-0.25, -0.2) is 4.79 Å². The number of rotatable bonds is 8. The molecule has 0 radical (unpaired) electrons. The first-order chi connectivity index (χ1) is 18.6. The van der Waals surface area contributed by atoms with Crippen LogP contribution in [0.25, 0.3) is 17.0 Å². The summed E-state index contributed by atoms with van der Waals surface area (Å²) in [4.78, 5) is 25.9. The lowest BCUT2D eigenvalue weighted by molar-refractivity contribution is -0.239. The van der Waals surface area contributed by atoms with Crippen molar-refractivity contribution in [3.05, 3.63) is 81.2 Å². The number of ether oxygens (including phenoxy) is 3. The number of esters is 1. The first kappa shape index (κ1) is 28.5. The highest BCUT2D eigenvalue weighted by Gasteiger charge is 2.49. The van der Waals surface area contributed by atoms with Gasteiger partial charge in [-0.15, -0.1) is 0 Å². The van der Waals surface area contributed by atoms with Crippen LogP contribution in [0, 0.1) is 6.92 Å². The fraction of sp³-hybridized carbons (Fsp3) is 0.379. The van der Waals surface area contributed by atoms with E-state index in [0.717, 1.165) is 5.56 Å². The monoisotopic (exact) mass is 540 g/mol. The van der Waals surface area contributed by atoms with Gasteiger partial charge in [-0.3, -0.25) is 4.79 Å². The normalized spacial score (nSPS) is 24.1. The molecule has 0 saturated carbocycles. The van der Waals surface area contributed by atoms with Gasteiger partial charge in [0.2, 0.25) is 0 Å². The van der Waals surface area contributed by atoms with Gasteiger partial charge in [0.1, 0.15) is 41.5 Å². The summed E-state index contributed by atoms with van der Waals surface area (Å²) in [6, 6.07) is 11.9. The Hall–Kier alpha value is -3.54. The zero-order chi connectivity index (χ0) is 28.3. The van der Waals surface area contributed by atoms with E-state index in [2.05, 4.69) is 0 Å². The zero-order valence-electron chi connectivity index (χ0n) is 21.8. The van der Waals surface area contributed by atoms with Gasteiger partial charge in [0, 0.05) is 18.6 Å². The van der Waals surface area contributed by atoms with Crippen molar-refractivity contribution in [2.75, 3.05) is 13.7 Å². The highest BCUT2D eigenvalue weighted by molar-refractivity contribution is 5.88. The maximum absolute atomic E-state index is 13.1. The number of aliphatic hydroxyl groups excluding tert-OH is 4. The zero-order valence-corrected chi connectivity index (χ0v) is 21.8. The van der Waals surface area contributed by atoms with Crippen molar-refractivity contribution in [3.63, 3.8) is 0 Å². The highest BCUT2D eigenvalue weighted by atomic mass is 16.6. The Bertz CT molecular complexity index is 1390. The Kier molecular flexibility index (Phi) is 8.83. The molecule has 1 aliphatic rings. The van der Waals surface area contributed by atoms with Gasteiger partial charge in [0.25, 0.3) is 0 Å². The summed E-state index contributed by atoms with van der Waals surface area (Å²) in [5.74, 6) is -0.410. The quantitative estimate of drug-likeness (QED) is 0.245. The van der Waals surface area contributed by atoms with Crippen LogP contribution in [-0.2, 0) is 20.7 Å². The number of aryl methyl sites for hydroxylation is 1. The molecule has 1 fully saturated rings. The van der Waals surface area contributed by atoms with Crippen LogP contribution in [-0.4, -0.2) is 70.6 Å². The third kappa shape index (κ3) is 6.05. The van der Waals surface area contributed by atoms with E-state index in [4.69, 9.17) is 18.6 Å². The molecule has 0 spiro atoms. The van der Waals surface area contributed by atoms with E-state index < -0.39 is 49.2 Å². The van der Waals surface area contributed by atoms with Crippen LogP contribution in [0.15, 0.2) is 57.8 Å². The third-order valence-electron chi connectivity index (χ3n) is 6.58. The number of benzene rings is 2. The van der Waals surface area contributed by atoms with Crippen molar-refractivity contribution in [3.8, 4) is 5.75 Å². The minimum absolute atomic E-state index is 0.0513. The largest absolute Gasteiger partial charge is 0.496 e. The molecule has 4 N–H and O–H groups in total. The second-order valence-electron chi connectivity index (χ2n) is 9.55. The van der Waals surface area contributed by atoms with E-state index in [9.17, 15) is 30.0 Å². The average molecular weight is 541 g/mol. The summed E-state index contributed by atoms with van der Waals surface area (Å²) in [6.07, 6.45) is -5.31. The van der Waals surface area contributed by atoms with Crippen LogP contribution in [0.4, 0.5) is 0 Å². The second-order valence-corrected chi connectivity index (χ2v) is 9.55. The molecule has 10 nitrogen and oxygen atoms in total. The summed E-state index contributed by atoms with van der Waals surface area (Å²) in [5.41, 5.74) is 1.11. The van der Waals surface area contributed by atoms with Crippen LogP contribution in [0.3, 0.4) is 0 Å². The lowest BCUT2D eigenvalue weighted by atomic mass is 9.89. The number of hydrogen-bond donors (Lipinski definition) is 4. The van der Waals surface area contributed by atoms with Gasteiger partial charge in [0.15, 0.2) is 11.5 Å². The van der Waals surface area contributed by atoms with E-state index in [1.54, 1.807) is 44.2 Å². The molecule has 2 heterocycles. The van der Waals surface area contributed by atoms with Crippen molar-refractivity contribution in [2.45, 2.75) is 56.9 Å². The molecule has 4 rings (SSSR count). The molecule has 2 aromatic carbocycles. The predicted octanol–water partition coefficient (Wildman–Crippen LogP) is 1.81. The van der Waals surface area contributed by atoms with Gasteiger partial charge in [-0.1, -0.05) is 30.3 Å². The Balaban J connectivity index is 1.84. The summed E-state index contributed by atoms with van der Waals surface area (Å²) in [6.45, 7) is 2.60. The van der Waals surface area contributed by atoms with E-state index in [1.165, 1.54) is 25.3 Å². The van der Waals surface area contributed by atoms with Gasteiger partial charge >= 0.3 is 5.97 Å². The SMILES string of the molecule is COc1cc(C)c2c(=O)cc(C[C@@H](C)O)oc2c1[C@H]1O[C@@H](CO)[C@H](O)[C@@H](O)[C@@H]1OC(=O)/C=C/c1ccccc1. The van der Waals surface area contributed by atoms with Crippen molar-refractivity contribution >= 4 is 23.0 Å². The minimum atomic E-state index is -1.66. The molecule has 1 aliphatic heterocycles. The van der Waals surface area contributed by atoms with Gasteiger partial charge < -0.3 is 39.1 Å². The Morgan fingerprint density at radius 2 is 1.87 bits per heavy atom. The van der Waals surface area contributed by atoms with Crippen molar-refractivity contribution < 1.29 is 43.8 Å². The molecule has 0 bridgehead atoms. The number of carbonyl (C=O) groups is 1. The van der Waals surface area contributed by atoms with Crippen LogP contribution in [0.1, 0.15) is 35.5 Å². The molecule has 0 aliphatic carbocycles. The first-order valence-corrected chi connectivity index (χ1v) is 12.5. The molecular weight excluding hydrogens is 508 g/mol. The van der Waals surface area contributed by atoms with Crippen LogP contribution in [0.2, 0.25) is 0 Å². The standard InChI is InChI=1S/C29H32O10/c1-15-11-20(36-3)24(27-23(15)19(32)13-18(37-27)12-16(2)31)28-29(26(35)25(34)21(14-30)38-28)39-22(33)10-9-17-7-5-4-6-8-17/h4-11,13,16,21,25-26,28-31,34-35H,12,14H2,1-3H3/b10-9+/t16-,21+,25+,26-,28-,29+/m1/s1. The lowest BCUT2D eigenvalue weighted by Gasteiger charge is -2.42. The van der Waals surface area contributed by atoms with Gasteiger partial charge in [0.05, 0.1) is 30.8 Å². The van der Waals surface area contributed by atoms with Crippen LogP contribution < -0.4 is 10.2 Å². The summed E-state index contributed by atoms with van der Waals surface area (Å²) < 4.78 is 23.2. The molecule has 0 amide bonds. The lowest BCUT2D eigenvalue weighted by Crippen LogP contribution is -2.56.